The van der Waals surface area contributed by atoms with E-state index in [1.54, 1.807) is 6.20 Å². The molecule has 6 nitrogen and oxygen atoms in total. The van der Waals surface area contributed by atoms with Crippen LogP contribution in [-0.2, 0) is 13.6 Å². The second-order valence-electron chi connectivity index (χ2n) is 4.62. The van der Waals surface area contributed by atoms with E-state index in [9.17, 15) is 4.79 Å². The SMILES string of the molecule is Cn1ccnc1CNC(=O)c1cc(C2CC2)[nH]n1. The summed E-state index contributed by atoms with van der Waals surface area (Å²) < 4.78 is 1.88. The molecular formula is C12H15N5O. The molecule has 2 aromatic heterocycles. The zero-order valence-electron chi connectivity index (χ0n) is 10.2. The maximum absolute atomic E-state index is 11.9. The topological polar surface area (TPSA) is 75.6 Å². The molecule has 0 aliphatic heterocycles. The first-order valence-electron chi connectivity index (χ1n) is 6.04. The molecule has 0 spiro atoms. The summed E-state index contributed by atoms with van der Waals surface area (Å²) >= 11 is 0. The fraction of sp³-hybridized carbons (Fsp3) is 0.417. The Morgan fingerprint density at radius 1 is 1.61 bits per heavy atom. The quantitative estimate of drug-likeness (QED) is 0.842. The zero-order chi connectivity index (χ0) is 12.5. The van der Waals surface area contributed by atoms with Gasteiger partial charge in [-0.2, -0.15) is 5.10 Å². The van der Waals surface area contributed by atoms with Crippen molar-refractivity contribution in [2.75, 3.05) is 0 Å². The summed E-state index contributed by atoms with van der Waals surface area (Å²) in [5.41, 5.74) is 1.52. The standard InChI is InChI=1S/C12H15N5O/c1-17-5-4-13-11(17)7-14-12(18)10-6-9(15-16-10)8-2-3-8/h4-6,8H,2-3,7H2,1H3,(H,14,18)(H,15,16). The van der Waals surface area contributed by atoms with Crippen molar-refractivity contribution >= 4 is 5.91 Å². The minimum Gasteiger partial charge on any atom is -0.343 e. The number of carbonyl (C=O) groups is 1. The molecule has 18 heavy (non-hydrogen) atoms. The summed E-state index contributed by atoms with van der Waals surface area (Å²) in [4.78, 5) is 16.0. The van der Waals surface area contributed by atoms with E-state index >= 15 is 0 Å². The largest absolute Gasteiger partial charge is 0.343 e. The third kappa shape index (κ3) is 2.13. The van der Waals surface area contributed by atoms with Crippen LogP contribution in [0.4, 0.5) is 0 Å². The highest BCUT2D eigenvalue weighted by Gasteiger charge is 2.26. The molecule has 0 unspecified atom stereocenters. The molecule has 1 amide bonds. The van der Waals surface area contributed by atoms with Crippen LogP contribution in [0, 0.1) is 0 Å². The van der Waals surface area contributed by atoms with Gasteiger partial charge in [-0.15, -0.1) is 0 Å². The second kappa shape index (κ2) is 4.29. The molecule has 6 heteroatoms. The monoisotopic (exact) mass is 245 g/mol. The molecule has 1 fully saturated rings. The smallest absolute Gasteiger partial charge is 0.272 e. The second-order valence-corrected chi connectivity index (χ2v) is 4.62. The molecule has 1 aliphatic carbocycles. The van der Waals surface area contributed by atoms with Crippen molar-refractivity contribution in [2.24, 2.45) is 7.05 Å². The molecule has 1 aliphatic rings. The van der Waals surface area contributed by atoms with Gasteiger partial charge >= 0.3 is 0 Å². The molecule has 0 bridgehead atoms. The number of hydrogen-bond donors (Lipinski definition) is 2. The molecule has 2 N–H and O–H groups in total. The molecule has 0 atom stereocenters. The lowest BCUT2D eigenvalue weighted by molar-refractivity contribution is 0.0944. The Hall–Kier alpha value is -2.11. The van der Waals surface area contributed by atoms with Crippen molar-refractivity contribution in [3.63, 3.8) is 0 Å². The van der Waals surface area contributed by atoms with Crippen LogP contribution in [0.25, 0.3) is 0 Å². The van der Waals surface area contributed by atoms with Crippen LogP contribution in [0.5, 0.6) is 0 Å². The summed E-state index contributed by atoms with van der Waals surface area (Å²) in [5, 5.41) is 9.77. The first-order chi connectivity index (χ1) is 8.74. The van der Waals surface area contributed by atoms with Gasteiger partial charge in [-0.3, -0.25) is 9.89 Å². The minimum atomic E-state index is -0.166. The number of nitrogens with zero attached hydrogens (tertiary/aromatic N) is 3. The van der Waals surface area contributed by atoms with Gasteiger partial charge in [-0.25, -0.2) is 4.98 Å². The van der Waals surface area contributed by atoms with Gasteiger partial charge in [-0.1, -0.05) is 0 Å². The maximum Gasteiger partial charge on any atom is 0.272 e. The first kappa shape index (κ1) is 11.0. The Bertz CT molecular complexity index is 567. The molecule has 0 radical (unpaired) electrons. The van der Waals surface area contributed by atoms with E-state index in [0.717, 1.165) is 11.5 Å². The molecular weight excluding hydrogens is 230 g/mol. The number of rotatable bonds is 4. The normalized spacial score (nSPS) is 14.7. The minimum absolute atomic E-state index is 0.166. The molecule has 0 aromatic carbocycles. The van der Waals surface area contributed by atoms with E-state index < -0.39 is 0 Å². The Kier molecular flexibility index (Phi) is 2.62. The number of aromatic amines is 1. The highest BCUT2D eigenvalue weighted by molar-refractivity contribution is 5.92. The molecule has 2 aromatic rings. The van der Waals surface area contributed by atoms with Crippen molar-refractivity contribution in [3.8, 4) is 0 Å². The average molecular weight is 245 g/mol. The molecule has 1 saturated carbocycles. The number of aromatic nitrogens is 4. The zero-order valence-corrected chi connectivity index (χ0v) is 10.2. The van der Waals surface area contributed by atoms with Crippen LogP contribution in [0.1, 0.15) is 40.8 Å². The van der Waals surface area contributed by atoms with Crippen molar-refractivity contribution in [3.05, 3.63) is 35.7 Å². The van der Waals surface area contributed by atoms with Crippen molar-refractivity contribution in [1.82, 2.24) is 25.1 Å². The van der Waals surface area contributed by atoms with E-state index in [1.165, 1.54) is 12.8 Å². The number of aryl methyl sites for hydroxylation is 1. The average Bonchev–Trinajstić information content (AvgIpc) is 2.95. The van der Waals surface area contributed by atoms with Gasteiger partial charge in [0, 0.05) is 31.1 Å². The van der Waals surface area contributed by atoms with Gasteiger partial charge in [0.2, 0.25) is 0 Å². The lowest BCUT2D eigenvalue weighted by Gasteiger charge is -2.02. The Balaban J connectivity index is 1.62. The van der Waals surface area contributed by atoms with Gasteiger partial charge in [0.05, 0.1) is 6.54 Å². The number of H-pyrrole nitrogens is 1. The van der Waals surface area contributed by atoms with Gasteiger partial charge in [-0.05, 0) is 18.9 Å². The molecule has 0 saturated heterocycles. The van der Waals surface area contributed by atoms with Crippen LogP contribution in [0.15, 0.2) is 18.5 Å². The first-order valence-corrected chi connectivity index (χ1v) is 6.04. The summed E-state index contributed by atoms with van der Waals surface area (Å²) in [6.45, 7) is 0.411. The summed E-state index contributed by atoms with van der Waals surface area (Å²) in [6.07, 6.45) is 5.94. The third-order valence-corrected chi connectivity index (χ3v) is 3.18. The van der Waals surface area contributed by atoms with Gasteiger partial charge in [0.15, 0.2) is 0 Å². The van der Waals surface area contributed by atoms with Gasteiger partial charge in [0.1, 0.15) is 11.5 Å². The number of nitrogens with one attached hydrogen (secondary N) is 2. The van der Waals surface area contributed by atoms with E-state index in [0.29, 0.717) is 18.2 Å². The summed E-state index contributed by atoms with van der Waals surface area (Å²) in [7, 11) is 1.90. The van der Waals surface area contributed by atoms with Crippen molar-refractivity contribution < 1.29 is 4.79 Å². The highest BCUT2D eigenvalue weighted by Crippen LogP contribution is 2.38. The van der Waals surface area contributed by atoms with Crippen LogP contribution in [-0.4, -0.2) is 25.7 Å². The van der Waals surface area contributed by atoms with E-state index in [1.807, 2.05) is 23.9 Å². The number of amides is 1. The van der Waals surface area contributed by atoms with Gasteiger partial charge in [0.25, 0.3) is 5.91 Å². The Labute approximate surface area is 104 Å². The Morgan fingerprint density at radius 2 is 2.44 bits per heavy atom. The van der Waals surface area contributed by atoms with E-state index in [2.05, 4.69) is 20.5 Å². The molecule has 3 rings (SSSR count). The van der Waals surface area contributed by atoms with Gasteiger partial charge < -0.3 is 9.88 Å². The molecule has 2 heterocycles. The maximum atomic E-state index is 11.9. The predicted molar refractivity (Wildman–Crippen MR) is 64.9 cm³/mol. The fourth-order valence-corrected chi connectivity index (χ4v) is 1.87. The molecule has 94 valence electrons. The van der Waals surface area contributed by atoms with E-state index in [4.69, 9.17) is 0 Å². The predicted octanol–water partition coefficient (Wildman–Crippen LogP) is 0.951. The van der Waals surface area contributed by atoms with Crippen LogP contribution >= 0.6 is 0 Å². The highest BCUT2D eigenvalue weighted by atomic mass is 16.1. The van der Waals surface area contributed by atoms with Crippen LogP contribution < -0.4 is 5.32 Å². The van der Waals surface area contributed by atoms with E-state index in [-0.39, 0.29) is 5.91 Å². The number of carbonyl (C=O) groups excluding carboxylic acids is 1. The van der Waals surface area contributed by atoms with Crippen LogP contribution in [0.2, 0.25) is 0 Å². The summed E-state index contributed by atoms with van der Waals surface area (Å²) in [5.74, 6) is 1.23. The Morgan fingerprint density at radius 3 is 3.11 bits per heavy atom. The third-order valence-electron chi connectivity index (χ3n) is 3.18. The van der Waals surface area contributed by atoms with Crippen molar-refractivity contribution in [2.45, 2.75) is 25.3 Å². The number of hydrogen-bond acceptors (Lipinski definition) is 3. The number of imidazole rings is 1. The van der Waals surface area contributed by atoms with Crippen molar-refractivity contribution in [1.29, 1.82) is 0 Å². The van der Waals surface area contributed by atoms with Crippen LogP contribution in [0.3, 0.4) is 0 Å². The lowest BCUT2D eigenvalue weighted by Crippen LogP contribution is -2.24. The lowest BCUT2D eigenvalue weighted by atomic mass is 10.2. The summed E-state index contributed by atoms with van der Waals surface area (Å²) in [6, 6.07) is 1.84. The fourth-order valence-electron chi connectivity index (χ4n) is 1.87.